The van der Waals surface area contributed by atoms with Gasteiger partial charge in [0, 0.05) is 10.9 Å². The van der Waals surface area contributed by atoms with Gasteiger partial charge in [0.25, 0.3) is 0 Å². The second-order valence-corrected chi connectivity index (χ2v) is 6.00. The van der Waals surface area contributed by atoms with Gasteiger partial charge in [0.1, 0.15) is 0 Å². The number of amides is 1. The number of anilines is 1. The van der Waals surface area contributed by atoms with Crippen LogP contribution in [0.1, 0.15) is 13.8 Å². The van der Waals surface area contributed by atoms with Gasteiger partial charge in [-0.1, -0.05) is 13.8 Å². The minimum Gasteiger partial charge on any atom is -0.494 e. The Morgan fingerprint density at radius 1 is 1.43 bits per heavy atom. The van der Waals surface area contributed by atoms with Crippen molar-refractivity contribution < 1.29 is 13.9 Å². The molecular weight excluding hydrogens is 341 g/mol. The number of benzene rings is 1. The molecule has 0 radical (unpaired) electrons. The van der Waals surface area contributed by atoms with Gasteiger partial charge < -0.3 is 15.8 Å². The summed E-state index contributed by atoms with van der Waals surface area (Å²) in [5.41, 5.74) is 6.98. The molecule has 0 aliphatic rings. The van der Waals surface area contributed by atoms with Crippen LogP contribution in [0.25, 0.3) is 11.3 Å². The Hall–Kier alpha value is -1.70. The summed E-state index contributed by atoms with van der Waals surface area (Å²) in [5.74, 6) is -0.525. The number of nitrogens with one attached hydrogen (secondary N) is 1. The van der Waals surface area contributed by atoms with Crippen molar-refractivity contribution in [3.63, 3.8) is 0 Å². The highest BCUT2D eigenvalue weighted by atomic mass is 35.5. The maximum Gasteiger partial charge on any atom is 0.243 e. The average molecular weight is 360 g/mol. The van der Waals surface area contributed by atoms with E-state index >= 15 is 0 Å². The van der Waals surface area contributed by atoms with Crippen LogP contribution in [0.4, 0.5) is 9.52 Å². The normalized spacial score (nSPS) is 11.7. The standard InChI is InChI=1S/C15H18FN3O2S.ClH/c1-8(2)13(17)14(20)19-15-18-11(7-22-15)9-4-5-12(21-3)10(16)6-9;/h4-8,13H,17H2,1-3H3,(H,18,19,20);1H/t13-;/m0./s1. The predicted octanol–water partition coefficient (Wildman–Crippen LogP) is 3.30. The molecule has 0 saturated heterocycles. The third-order valence-electron chi connectivity index (χ3n) is 3.20. The van der Waals surface area contributed by atoms with Crippen molar-refractivity contribution in [2.24, 2.45) is 11.7 Å². The molecule has 0 unspecified atom stereocenters. The van der Waals surface area contributed by atoms with Crippen LogP contribution in [-0.4, -0.2) is 24.0 Å². The molecule has 2 rings (SSSR count). The molecule has 1 heterocycles. The van der Waals surface area contributed by atoms with Crippen LogP contribution in [0.5, 0.6) is 5.75 Å². The molecule has 1 atom stereocenters. The summed E-state index contributed by atoms with van der Waals surface area (Å²) < 4.78 is 18.6. The van der Waals surface area contributed by atoms with Crippen molar-refractivity contribution in [3.05, 3.63) is 29.4 Å². The Morgan fingerprint density at radius 2 is 2.13 bits per heavy atom. The van der Waals surface area contributed by atoms with Gasteiger partial charge in [-0.25, -0.2) is 9.37 Å². The summed E-state index contributed by atoms with van der Waals surface area (Å²) in [6.07, 6.45) is 0. The van der Waals surface area contributed by atoms with Gasteiger partial charge in [0.2, 0.25) is 5.91 Å². The van der Waals surface area contributed by atoms with E-state index < -0.39 is 11.9 Å². The van der Waals surface area contributed by atoms with E-state index in [1.54, 1.807) is 11.4 Å². The molecule has 1 aromatic carbocycles. The molecule has 0 bridgehead atoms. The number of nitrogens with zero attached hydrogens (tertiary/aromatic N) is 1. The minimum atomic E-state index is -0.592. The first kappa shape index (κ1) is 19.3. The van der Waals surface area contributed by atoms with Crippen molar-refractivity contribution in [1.29, 1.82) is 0 Å². The lowest BCUT2D eigenvalue weighted by Gasteiger charge is -2.13. The van der Waals surface area contributed by atoms with Crippen molar-refractivity contribution >= 4 is 34.8 Å². The molecule has 0 aliphatic carbocycles. The third kappa shape index (κ3) is 4.63. The number of nitrogens with two attached hydrogens (primary N) is 1. The monoisotopic (exact) mass is 359 g/mol. The van der Waals surface area contributed by atoms with Gasteiger partial charge in [-0.15, -0.1) is 23.7 Å². The van der Waals surface area contributed by atoms with Gasteiger partial charge in [0.15, 0.2) is 16.7 Å². The van der Waals surface area contributed by atoms with Crippen molar-refractivity contribution in [1.82, 2.24) is 4.98 Å². The largest absolute Gasteiger partial charge is 0.494 e. The van der Waals surface area contributed by atoms with Gasteiger partial charge in [0.05, 0.1) is 18.8 Å². The van der Waals surface area contributed by atoms with E-state index in [0.29, 0.717) is 16.4 Å². The van der Waals surface area contributed by atoms with Crippen LogP contribution in [-0.2, 0) is 4.79 Å². The Balaban J connectivity index is 0.00000264. The fourth-order valence-electron chi connectivity index (χ4n) is 1.78. The number of halogens is 2. The molecular formula is C15H19ClFN3O2S. The molecule has 126 valence electrons. The Kier molecular flexibility index (Phi) is 6.93. The summed E-state index contributed by atoms with van der Waals surface area (Å²) in [7, 11) is 1.41. The van der Waals surface area contributed by atoms with Crippen molar-refractivity contribution in [3.8, 4) is 17.0 Å². The van der Waals surface area contributed by atoms with E-state index in [9.17, 15) is 9.18 Å². The van der Waals surface area contributed by atoms with Crippen molar-refractivity contribution in [2.45, 2.75) is 19.9 Å². The number of hydrogen-bond donors (Lipinski definition) is 2. The van der Waals surface area contributed by atoms with Crippen LogP contribution in [0.15, 0.2) is 23.6 Å². The third-order valence-corrected chi connectivity index (χ3v) is 3.96. The number of carbonyl (C=O) groups is 1. The van der Waals surface area contributed by atoms with Crippen LogP contribution in [0, 0.1) is 11.7 Å². The lowest BCUT2D eigenvalue weighted by molar-refractivity contribution is -0.118. The highest BCUT2D eigenvalue weighted by molar-refractivity contribution is 7.14. The predicted molar refractivity (Wildman–Crippen MR) is 92.8 cm³/mol. The zero-order valence-electron chi connectivity index (χ0n) is 13.0. The highest BCUT2D eigenvalue weighted by Crippen LogP contribution is 2.28. The summed E-state index contributed by atoms with van der Waals surface area (Å²) >= 11 is 1.27. The first-order chi connectivity index (χ1) is 10.4. The molecule has 8 heteroatoms. The van der Waals surface area contributed by atoms with Gasteiger partial charge in [-0.2, -0.15) is 0 Å². The second kappa shape index (κ2) is 8.24. The molecule has 3 N–H and O–H groups in total. The topological polar surface area (TPSA) is 77.2 Å². The second-order valence-electron chi connectivity index (χ2n) is 5.15. The summed E-state index contributed by atoms with van der Waals surface area (Å²) in [4.78, 5) is 16.2. The van der Waals surface area contributed by atoms with Crippen LogP contribution >= 0.6 is 23.7 Å². The van der Waals surface area contributed by atoms with Gasteiger partial charge >= 0.3 is 0 Å². The van der Waals surface area contributed by atoms with E-state index in [4.69, 9.17) is 10.5 Å². The zero-order valence-corrected chi connectivity index (χ0v) is 14.6. The Bertz CT molecular complexity index is 678. The fourth-order valence-corrected chi connectivity index (χ4v) is 2.50. The number of rotatable bonds is 5. The highest BCUT2D eigenvalue weighted by Gasteiger charge is 2.18. The average Bonchev–Trinajstić information content (AvgIpc) is 2.94. The zero-order chi connectivity index (χ0) is 16.3. The quantitative estimate of drug-likeness (QED) is 0.858. The summed E-state index contributed by atoms with van der Waals surface area (Å²) in [5, 5.41) is 4.86. The number of thiazole rings is 1. The van der Waals surface area contributed by atoms with Crippen LogP contribution in [0.2, 0.25) is 0 Å². The van der Waals surface area contributed by atoms with E-state index in [-0.39, 0.29) is 30.0 Å². The molecule has 0 aliphatic heterocycles. The maximum atomic E-state index is 13.7. The minimum absolute atomic E-state index is 0. The Morgan fingerprint density at radius 3 is 2.70 bits per heavy atom. The first-order valence-electron chi connectivity index (χ1n) is 6.78. The maximum absolute atomic E-state index is 13.7. The lowest BCUT2D eigenvalue weighted by atomic mass is 10.1. The molecule has 2 aromatic rings. The number of methoxy groups -OCH3 is 1. The van der Waals surface area contributed by atoms with Crippen LogP contribution < -0.4 is 15.8 Å². The number of carbonyl (C=O) groups excluding carboxylic acids is 1. The number of aromatic nitrogens is 1. The molecule has 23 heavy (non-hydrogen) atoms. The summed E-state index contributed by atoms with van der Waals surface area (Å²) in [6, 6.07) is 4.00. The SMILES string of the molecule is COc1ccc(-c2csc(NC(=O)[C@@H](N)C(C)C)n2)cc1F.Cl. The van der Waals surface area contributed by atoms with E-state index in [1.165, 1.54) is 30.6 Å². The summed E-state index contributed by atoms with van der Waals surface area (Å²) in [6.45, 7) is 3.75. The lowest BCUT2D eigenvalue weighted by Crippen LogP contribution is -2.39. The van der Waals surface area contributed by atoms with E-state index in [2.05, 4.69) is 10.3 Å². The van der Waals surface area contributed by atoms with E-state index in [0.717, 1.165) is 0 Å². The fraction of sp³-hybridized carbons (Fsp3) is 0.333. The van der Waals surface area contributed by atoms with Gasteiger partial charge in [-0.3, -0.25) is 4.79 Å². The molecule has 0 spiro atoms. The molecule has 0 saturated carbocycles. The van der Waals surface area contributed by atoms with Gasteiger partial charge in [-0.05, 0) is 24.1 Å². The molecule has 0 fully saturated rings. The van der Waals surface area contributed by atoms with E-state index in [1.807, 2.05) is 13.8 Å². The molecule has 5 nitrogen and oxygen atoms in total. The van der Waals surface area contributed by atoms with Crippen molar-refractivity contribution in [2.75, 3.05) is 12.4 Å². The number of hydrogen-bond acceptors (Lipinski definition) is 5. The molecule has 1 aromatic heterocycles. The first-order valence-corrected chi connectivity index (χ1v) is 7.66. The number of ether oxygens (including phenoxy) is 1. The smallest absolute Gasteiger partial charge is 0.243 e. The van der Waals surface area contributed by atoms with Crippen LogP contribution in [0.3, 0.4) is 0 Å². The molecule has 1 amide bonds. The Labute approximate surface area is 144 Å².